The van der Waals surface area contributed by atoms with E-state index in [1.54, 1.807) is 7.11 Å². The average molecular weight is 435 g/mol. The molecule has 2 atom stereocenters. The molecule has 0 aliphatic heterocycles. The summed E-state index contributed by atoms with van der Waals surface area (Å²) in [4.78, 5) is 0. The van der Waals surface area contributed by atoms with Crippen molar-refractivity contribution in [3.8, 4) is 5.75 Å². The third kappa shape index (κ3) is 3.91. The molecule has 0 radical (unpaired) electrons. The molecule has 3 aliphatic carbocycles. The zero-order valence-corrected chi connectivity index (χ0v) is 20.2. The molecule has 0 saturated heterocycles. The maximum atomic E-state index is 10.1. The van der Waals surface area contributed by atoms with Crippen LogP contribution in [0.1, 0.15) is 75.0 Å². The zero-order chi connectivity index (χ0) is 23.2. The van der Waals surface area contributed by atoms with Crippen molar-refractivity contribution in [3.63, 3.8) is 0 Å². The summed E-state index contributed by atoms with van der Waals surface area (Å²) < 4.78 is 5.57. The minimum atomic E-state index is 0.0649. The molecule has 0 spiro atoms. The molecule has 1 aromatic carbocycles. The molecule has 2 unspecified atom stereocenters. The number of ether oxygens (including phenoxy) is 1. The Morgan fingerprint density at radius 3 is 2.19 bits per heavy atom. The lowest BCUT2D eigenvalue weighted by Crippen LogP contribution is -2.25. The zero-order valence-electron chi connectivity index (χ0n) is 20.2. The lowest BCUT2D eigenvalue weighted by Gasteiger charge is -2.36. The standard InChI is InChI=1S/C29H38O3/c1-17-7-8-22(15-25(17)23-13-18(2)28(32-6)19(3)14-23)20(4)21(5)29(11-12-29)24-9-10-26(30)27(31)16-24/h13-14,22,24,30-31H,4-5,7-12,15-16H2,1-3,6H3. The monoisotopic (exact) mass is 434 g/mol. The first-order valence-corrected chi connectivity index (χ1v) is 12.0. The Morgan fingerprint density at radius 1 is 0.969 bits per heavy atom. The summed E-state index contributed by atoms with van der Waals surface area (Å²) in [7, 11) is 1.74. The highest BCUT2D eigenvalue weighted by Crippen LogP contribution is 2.63. The Kier molecular flexibility index (Phi) is 6.04. The van der Waals surface area contributed by atoms with Gasteiger partial charge < -0.3 is 14.9 Å². The van der Waals surface area contributed by atoms with E-state index in [0.717, 1.165) is 44.3 Å². The number of benzene rings is 1. The van der Waals surface area contributed by atoms with Crippen molar-refractivity contribution >= 4 is 5.57 Å². The second-order valence-electron chi connectivity index (χ2n) is 10.3. The highest BCUT2D eigenvalue weighted by atomic mass is 16.5. The smallest absolute Gasteiger partial charge is 0.130 e. The second kappa shape index (κ2) is 8.50. The molecule has 3 heteroatoms. The molecule has 0 bridgehead atoms. The lowest BCUT2D eigenvalue weighted by atomic mass is 9.69. The molecule has 3 nitrogen and oxygen atoms in total. The van der Waals surface area contributed by atoms with Gasteiger partial charge in [0.25, 0.3) is 0 Å². The quantitative estimate of drug-likeness (QED) is 0.447. The topological polar surface area (TPSA) is 49.7 Å². The van der Waals surface area contributed by atoms with Crippen LogP contribution in [-0.4, -0.2) is 17.3 Å². The average Bonchev–Trinajstić information content (AvgIpc) is 3.57. The van der Waals surface area contributed by atoms with Crippen molar-refractivity contribution in [2.24, 2.45) is 17.3 Å². The number of aliphatic hydroxyl groups excluding tert-OH is 2. The fourth-order valence-corrected chi connectivity index (χ4v) is 6.21. The first-order chi connectivity index (χ1) is 15.2. The number of aryl methyl sites for hydroxylation is 2. The van der Waals surface area contributed by atoms with Gasteiger partial charge in [-0.3, -0.25) is 0 Å². The fourth-order valence-electron chi connectivity index (χ4n) is 6.21. The first kappa shape index (κ1) is 22.8. The van der Waals surface area contributed by atoms with Crippen LogP contribution in [0.4, 0.5) is 0 Å². The summed E-state index contributed by atoms with van der Waals surface area (Å²) in [6.07, 6.45) is 7.51. The van der Waals surface area contributed by atoms with Gasteiger partial charge in [0.2, 0.25) is 0 Å². The predicted molar refractivity (Wildman–Crippen MR) is 132 cm³/mol. The predicted octanol–water partition coefficient (Wildman–Crippen LogP) is 7.91. The molecule has 3 aliphatic rings. The van der Waals surface area contributed by atoms with Crippen LogP contribution >= 0.6 is 0 Å². The molecule has 1 aromatic rings. The highest BCUT2D eigenvalue weighted by Gasteiger charge is 2.53. The maximum Gasteiger partial charge on any atom is 0.130 e. The third-order valence-corrected chi connectivity index (χ3v) is 8.40. The first-order valence-electron chi connectivity index (χ1n) is 12.0. The van der Waals surface area contributed by atoms with Gasteiger partial charge >= 0.3 is 0 Å². The number of aliphatic hydroxyl groups is 2. The molecular formula is C29H38O3. The number of methoxy groups -OCH3 is 1. The van der Waals surface area contributed by atoms with Crippen LogP contribution in [0.15, 0.2) is 53.5 Å². The summed E-state index contributed by atoms with van der Waals surface area (Å²) in [6.45, 7) is 15.6. The number of hydrogen-bond acceptors (Lipinski definition) is 3. The second-order valence-corrected chi connectivity index (χ2v) is 10.3. The van der Waals surface area contributed by atoms with E-state index >= 15 is 0 Å². The minimum absolute atomic E-state index is 0.0649. The lowest BCUT2D eigenvalue weighted by molar-refractivity contribution is 0.207. The van der Waals surface area contributed by atoms with Gasteiger partial charge in [-0.25, -0.2) is 0 Å². The van der Waals surface area contributed by atoms with E-state index in [9.17, 15) is 10.2 Å². The van der Waals surface area contributed by atoms with Crippen molar-refractivity contribution in [1.82, 2.24) is 0 Å². The van der Waals surface area contributed by atoms with E-state index in [4.69, 9.17) is 4.74 Å². The maximum absolute atomic E-state index is 10.1. The molecule has 0 amide bonds. The van der Waals surface area contributed by atoms with Gasteiger partial charge in [0.1, 0.15) is 17.3 Å². The van der Waals surface area contributed by atoms with Crippen molar-refractivity contribution in [1.29, 1.82) is 0 Å². The van der Waals surface area contributed by atoms with Crippen LogP contribution in [0.2, 0.25) is 0 Å². The molecule has 1 saturated carbocycles. The molecular weight excluding hydrogens is 396 g/mol. The summed E-state index contributed by atoms with van der Waals surface area (Å²) in [6, 6.07) is 4.52. The van der Waals surface area contributed by atoms with Gasteiger partial charge in [-0.15, -0.1) is 0 Å². The Labute approximate surface area is 193 Å². The van der Waals surface area contributed by atoms with Crippen molar-refractivity contribution in [2.45, 2.75) is 72.1 Å². The molecule has 172 valence electrons. The molecule has 0 heterocycles. The number of allylic oxidation sites excluding steroid dienone is 6. The third-order valence-electron chi connectivity index (χ3n) is 8.40. The van der Waals surface area contributed by atoms with Gasteiger partial charge in [-0.2, -0.15) is 0 Å². The number of hydrogen-bond donors (Lipinski definition) is 2. The normalized spacial score (nSPS) is 25.0. The van der Waals surface area contributed by atoms with Crippen LogP contribution < -0.4 is 4.74 Å². The molecule has 0 aromatic heterocycles. The van der Waals surface area contributed by atoms with Gasteiger partial charge in [0.15, 0.2) is 0 Å². The fraction of sp³-hybridized carbons (Fsp3) is 0.517. The van der Waals surface area contributed by atoms with E-state index in [-0.39, 0.29) is 16.9 Å². The van der Waals surface area contributed by atoms with E-state index in [1.165, 1.54) is 39.0 Å². The Hall–Kier alpha value is -2.42. The van der Waals surface area contributed by atoms with Crippen molar-refractivity contribution < 1.29 is 14.9 Å². The summed E-state index contributed by atoms with van der Waals surface area (Å²) >= 11 is 0. The van der Waals surface area contributed by atoms with Crippen LogP contribution in [0.3, 0.4) is 0 Å². The largest absolute Gasteiger partial charge is 0.509 e. The van der Waals surface area contributed by atoms with E-state index in [2.05, 4.69) is 46.1 Å². The molecule has 4 rings (SSSR count). The Balaban J connectivity index is 1.53. The van der Waals surface area contributed by atoms with Gasteiger partial charge in [-0.05, 0) is 122 Å². The summed E-state index contributed by atoms with van der Waals surface area (Å²) in [5, 5.41) is 20.0. The van der Waals surface area contributed by atoms with Gasteiger partial charge in [-0.1, -0.05) is 18.7 Å². The van der Waals surface area contributed by atoms with E-state index < -0.39 is 0 Å². The van der Waals surface area contributed by atoms with Crippen molar-refractivity contribution in [3.05, 3.63) is 70.2 Å². The number of rotatable bonds is 6. The summed E-state index contributed by atoms with van der Waals surface area (Å²) in [5.41, 5.74) is 9.04. The Bertz CT molecular complexity index is 996. The molecule has 1 fully saturated rings. The molecule has 2 N–H and O–H groups in total. The Morgan fingerprint density at radius 2 is 1.62 bits per heavy atom. The van der Waals surface area contributed by atoms with E-state index in [0.29, 0.717) is 24.7 Å². The SMILES string of the molecule is C=C(C(=C)C1(C2CCC(O)=C(O)C2)CC1)C1CCC(C)=C(c2cc(C)c(OC)c(C)c2)C1. The van der Waals surface area contributed by atoms with Crippen LogP contribution in [0, 0.1) is 31.1 Å². The molecule has 32 heavy (non-hydrogen) atoms. The van der Waals surface area contributed by atoms with E-state index in [1.807, 2.05) is 0 Å². The van der Waals surface area contributed by atoms with Gasteiger partial charge in [0.05, 0.1) is 7.11 Å². The van der Waals surface area contributed by atoms with Crippen LogP contribution in [-0.2, 0) is 0 Å². The highest BCUT2D eigenvalue weighted by molar-refractivity contribution is 5.72. The van der Waals surface area contributed by atoms with Gasteiger partial charge in [0, 0.05) is 12.8 Å². The summed E-state index contributed by atoms with van der Waals surface area (Å²) in [5.74, 6) is 2.08. The minimum Gasteiger partial charge on any atom is -0.509 e. The van der Waals surface area contributed by atoms with Crippen LogP contribution in [0.25, 0.3) is 5.57 Å². The van der Waals surface area contributed by atoms with Crippen molar-refractivity contribution in [2.75, 3.05) is 7.11 Å². The van der Waals surface area contributed by atoms with Crippen LogP contribution in [0.5, 0.6) is 5.75 Å².